The summed E-state index contributed by atoms with van der Waals surface area (Å²) in [6, 6.07) is 8.21. The molecule has 7 heteroatoms. The highest BCUT2D eigenvalue weighted by molar-refractivity contribution is 14.0. The highest BCUT2D eigenvalue weighted by Gasteiger charge is 2.08. The van der Waals surface area contributed by atoms with Crippen LogP contribution in [0.4, 0.5) is 0 Å². The van der Waals surface area contributed by atoms with Gasteiger partial charge in [-0.15, -0.1) is 35.3 Å². The number of nitrogens with one attached hydrogen (secondary N) is 1. The molecular weight excluding hydrogens is 463 g/mol. The Morgan fingerprint density at radius 1 is 1.43 bits per heavy atom. The number of aliphatic imine (C=N–C) groups is 1. The van der Waals surface area contributed by atoms with Crippen molar-refractivity contribution in [3.8, 4) is 0 Å². The molecule has 0 bridgehead atoms. The van der Waals surface area contributed by atoms with Crippen LogP contribution in [-0.4, -0.2) is 29.9 Å². The Morgan fingerprint density at radius 2 is 2.19 bits per heavy atom. The fraction of sp³-hybridized carbons (Fsp3) is 0.286. The molecular formula is C14H18BrIN4S. The maximum atomic E-state index is 4.31. The second-order valence-corrected chi connectivity index (χ2v) is 6.11. The van der Waals surface area contributed by atoms with Gasteiger partial charge in [-0.1, -0.05) is 34.1 Å². The van der Waals surface area contributed by atoms with E-state index in [1.165, 1.54) is 5.56 Å². The minimum Gasteiger partial charge on any atom is -0.350 e. The summed E-state index contributed by atoms with van der Waals surface area (Å²) in [4.78, 5) is 10.7. The van der Waals surface area contributed by atoms with Gasteiger partial charge in [0.15, 0.2) is 5.96 Å². The van der Waals surface area contributed by atoms with Crippen LogP contribution in [0.5, 0.6) is 0 Å². The lowest BCUT2D eigenvalue weighted by atomic mass is 10.2. The van der Waals surface area contributed by atoms with E-state index in [0.29, 0.717) is 6.54 Å². The standard InChI is InChI=1S/C14H17BrN4S.HI/c1-16-14(18-9-13-17-7-8-20-13)19(2)10-11-5-3-4-6-12(11)15;/h3-8H,9-10H2,1-2H3,(H,16,18);1H. The number of aromatic nitrogens is 1. The molecule has 0 spiro atoms. The number of nitrogens with zero attached hydrogens (tertiary/aromatic N) is 3. The molecule has 0 aliphatic carbocycles. The molecule has 1 heterocycles. The molecule has 1 aromatic heterocycles. The summed E-state index contributed by atoms with van der Waals surface area (Å²) in [5.74, 6) is 0.857. The third kappa shape index (κ3) is 5.55. The summed E-state index contributed by atoms with van der Waals surface area (Å²) < 4.78 is 1.11. The van der Waals surface area contributed by atoms with Gasteiger partial charge in [-0.25, -0.2) is 4.98 Å². The summed E-state index contributed by atoms with van der Waals surface area (Å²) in [5.41, 5.74) is 1.23. The predicted molar refractivity (Wildman–Crippen MR) is 103 cm³/mol. The Balaban J connectivity index is 0.00000220. The summed E-state index contributed by atoms with van der Waals surface area (Å²) in [6.45, 7) is 1.49. The van der Waals surface area contributed by atoms with Crippen molar-refractivity contribution in [1.29, 1.82) is 0 Å². The molecule has 0 saturated carbocycles. The van der Waals surface area contributed by atoms with E-state index in [1.807, 2.05) is 30.8 Å². The molecule has 2 aromatic rings. The first-order chi connectivity index (χ1) is 9.70. The van der Waals surface area contributed by atoms with Gasteiger partial charge in [0.1, 0.15) is 5.01 Å². The molecule has 0 aliphatic rings. The number of halogens is 2. The van der Waals surface area contributed by atoms with Crippen molar-refractivity contribution in [2.45, 2.75) is 13.1 Å². The van der Waals surface area contributed by atoms with Gasteiger partial charge in [0.05, 0.1) is 6.54 Å². The van der Waals surface area contributed by atoms with Gasteiger partial charge >= 0.3 is 0 Å². The van der Waals surface area contributed by atoms with Crippen molar-refractivity contribution >= 4 is 57.2 Å². The van der Waals surface area contributed by atoms with Crippen molar-refractivity contribution in [1.82, 2.24) is 15.2 Å². The van der Waals surface area contributed by atoms with Crippen LogP contribution in [-0.2, 0) is 13.1 Å². The topological polar surface area (TPSA) is 40.5 Å². The average molecular weight is 481 g/mol. The minimum atomic E-state index is 0. The second kappa shape index (κ2) is 9.37. The van der Waals surface area contributed by atoms with E-state index in [0.717, 1.165) is 22.0 Å². The molecule has 0 unspecified atom stereocenters. The van der Waals surface area contributed by atoms with Crippen LogP contribution in [0, 0.1) is 0 Å². The molecule has 0 fully saturated rings. The van der Waals surface area contributed by atoms with Crippen molar-refractivity contribution in [3.63, 3.8) is 0 Å². The molecule has 0 amide bonds. The monoisotopic (exact) mass is 480 g/mol. The van der Waals surface area contributed by atoms with E-state index >= 15 is 0 Å². The van der Waals surface area contributed by atoms with Gasteiger partial charge in [-0.05, 0) is 11.6 Å². The lowest BCUT2D eigenvalue weighted by Crippen LogP contribution is -2.38. The number of hydrogen-bond donors (Lipinski definition) is 1. The Bertz CT molecular complexity index is 574. The van der Waals surface area contributed by atoms with Gasteiger partial charge in [-0.3, -0.25) is 4.99 Å². The molecule has 1 aromatic carbocycles. The van der Waals surface area contributed by atoms with Crippen LogP contribution in [0.25, 0.3) is 0 Å². The summed E-state index contributed by atoms with van der Waals surface area (Å²) in [7, 11) is 3.82. The van der Waals surface area contributed by atoms with Crippen LogP contribution in [0.1, 0.15) is 10.6 Å². The molecule has 114 valence electrons. The molecule has 1 N–H and O–H groups in total. The van der Waals surface area contributed by atoms with Gasteiger partial charge < -0.3 is 10.2 Å². The Morgan fingerprint density at radius 3 is 2.81 bits per heavy atom. The summed E-state index contributed by atoms with van der Waals surface area (Å²) >= 11 is 5.21. The average Bonchev–Trinajstić information content (AvgIpc) is 2.95. The SMILES string of the molecule is CN=C(NCc1nccs1)N(C)Cc1ccccc1Br.I. The Labute approximate surface area is 154 Å². The predicted octanol–water partition coefficient (Wildman–Crippen LogP) is 3.73. The fourth-order valence-corrected chi connectivity index (χ4v) is 2.80. The van der Waals surface area contributed by atoms with E-state index < -0.39 is 0 Å². The van der Waals surface area contributed by atoms with Crippen LogP contribution < -0.4 is 5.32 Å². The first kappa shape index (κ1) is 18.4. The molecule has 2 rings (SSSR count). The van der Waals surface area contributed by atoms with Gasteiger partial charge in [0.2, 0.25) is 0 Å². The summed E-state index contributed by atoms with van der Waals surface area (Å²) in [5, 5.41) is 6.35. The minimum absolute atomic E-state index is 0. The van der Waals surface area contributed by atoms with E-state index in [9.17, 15) is 0 Å². The third-order valence-corrected chi connectivity index (χ3v) is 4.37. The van der Waals surface area contributed by atoms with Crippen LogP contribution in [0.3, 0.4) is 0 Å². The van der Waals surface area contributed by atoms with Gasteiger partial charge in [-0.2, -0.15) is 0 Å². The summed E-state index contributed by atoms with van der Waals surface area (Å²) in [6.07, 6.45) is 1.81. The molecule has 4 nitrogen and oxygen atoms in total. The van der Waals surface area contributed by atoms with Crippen LogP contribution in [0.15, 0.2) is 45.3 Å². The van der Waals surface area contributed by atoms with Crippen molar-refractivity contribution < 1.29 is 0 Å². The smallest absolute Gasteiger partial charge is 0.194 e. The van der Waals surface area contributed by atoms with Crippen LogP contribution >= 0.6 is 51.2 Å². The van der Waals surface area contributed by atoms with Crippen molar-refractivity contribution in [3.05, 3.63) is 50.9 Å². The molecule has 0 aliphatic heterocycles. The largest absolute Gasteiger partial charge is 0.350 e. The third-order valence-electron chi connectivity index (χ3n) is 2.82. The maximum absolute atomic E-state index is 4.31. The first-order valence-electron chi connectivity index (χ1n) is 6.24. The number of benzene rings is 1. The first-order valence-corrected chi connectivity index (χ1v) is 7.91. The Hall–Kier alpha value is -0.670. The highest BCUT2D eigenvalue weighted by Crippen LogP contribution is 2.17. The number of thiazole rings is 1. The number of guanidine groups is 1. The van der Waals surface area contributed by atoms with E-state index in [2.05, 4.69) is 48.3 Å². The van der Waals surface area contributed by atoms with E-state index in [-0.39, 0.29) is 24.0 Å². The van der Waals surface area contributed by atoms with Crippen molar-refractivity contribution in [2.75, 3.05) is 14.1 Å². The molecule has 0 atom stereocenters. The maximum Gasteiger partial charge on any atom is 0.194 e. The lowest BCUT2D eigenvalue weighted by molar-refractivity contribution is 0.475. The van der Waals surface area contributed by atoms with E-state index in [1.54, 1.807) is 18.4 Å². The zero-order chi connectivity index (χ0) is 14.4. The molecule has 0 radical (unpaired) electrons. The van der Waals surface area contributed by atoms with Crippen LogP contribution in [0.2, 0.25) is 0 Å². The van der Waals surface area contributed by atoms with E-state index in [4.69, 9.17) is 0 Å². The molecule has 0 saturated heterocycles. The van der Waals surface area contributed by atoms with Crippen molar-refractivity contribution in [2.24, 2.45) is 4.99 Å². The lowest BCUT2D eigenvalue weighted by Gasteiger charge is -2.22. The normalized spacial score (nSPS) is 10.9. The van der Waals surface area contributed by atoms with Gasteiger partial charge in [0, 0.05) is 36.7 Å². The zero-order valence-corrected chi connectivity index (χ0v) is 16.6. The number of hydrogen-bond acceptors (Lipinski definition) is 3. The second-order valence-electron chi connectivity index (χ2n) is 4.27. The highest BCUT2D eigenvalue weighted by atomic mass is 127. The molecule has 21 heavy (non-hydrogen) atoms. The fourth-order valence-electron chi connectivity index (χ4n) is 1.84. The number of rotatable bonds is 4. The quantitative estimate of drug-likeness (QED) is 0.411. The zero-order valence-electron chi connectivity index (χ0n) is 11.9. The Kier molecular flexibility index (Phi) is 8.20. The van der Waals surface area contributed by atoms with Gasteiger partial charge in [0.25, 0.3) is 0 Å².